The van der Waals surface area contributed by atoms with E-state index in [1.165, 1.54) is 0 Å². The predicted octanol–water partition coefficient (Wildman–Crippen LogP) is 4.10. The summed E-state index contributed by atoms with van der Waals surface area (Å²) in [5.74, 6) is 0.00753. The zero-order chi connectivity index (χ0) is 14.6. The summed E-state index contributed by atoms with van der Waals surface area (Å²) in [6.07, 6.45) is 0. The Morgan fingerprint density at radius 1 is 1.11 bits per heavy atom. The molecule has 0 saturated heterocycles. The third-order valence-electron chi connectivity index (χ3n) is 3.32. The van der Waals surface area contributed by atoms with E-state index in [1.807, 2.05) is 39.8 Å². The van der Waals surface area contributed by atoms with E-state index in [9.17, 15) is 4.79 Å². The number of ether oxygens (including phenoxy) is 1. The number of carbonyl (C=O) groups excluding carboxylic acids is 1. The van der Waals surface area contributed by atoms with Gasteiger partial charge in [0.1, 0.15) is 5.60 Å². The van der Waals surface area contributed by atoms with E-state index in [1.54, 1.807) is 12.1 Å². The van der Waals surface area contributed by atoms with E-state index in [4.69, 9.17) is 4.74 Å². The largest absolute Gasteiger partial charge is 0.456 e. The number of carbonyl (C=O) groups is 1. The summed E-state index contributed by atoms with van der Waals surface area (Å²) in [5, 5.41) is 3.29. The SMILES string of the molecule is CC(C)Nc1ccc(C(=O)OC(C)(C)C(C)C)cc1. The molecule has 1 aromatic rings. The van der Waals surface area contributed by atoms with Gasteiger partial charge in [-0.3, -0.25) is 0 Å². The Morgan fingerprint density at radius 2 is 1.63 bits per heavy atom. The second-order valence-electron chi connectivity index (χ2n) is 6.02. The highest BCUT2D eigenvalue weighted by atomic mass is 16.6. The lowest BCUT2D eigenvalue weighted by atomic mass is 9.94. The van der Waals surface area contributed by atoms with Crippen LogP contribution in [0.25, 0.3) is 0 Å². The maximum absolute atomic E-state index is 12.1. The highest BCUT2D eigenvalue weighted by Crippen LogP contribution is 2.22. The Labute approximate surface area is 116 Å². The Bertz CT molecular complexity index is 419. The fraction of sp³-hybridized carbons (Fsp3) is 0.562. The van der Waals surface area contributed by atoms with Crippen LogP contribution in [0.3, 0.4) is 0 Å². The first-order valence-electron chi connectivity index (χ1n) is 6.82. The van der Waals surface area contributed by atoms with Gasteiger partial charge in [0.2, 0.25) is 0 Å². The Morgan fingerprint density at radius 3 is 2.05 bits per heavy atom. The molecular formula is C16H25NO2. The van der Waals surface area contributed by atoms with Crippen LogP contribution in [0.1, 0.15) is 51.9 Å². The number of hydrogen-bond acceptors (Lipinski definition) is 3. The Hall–Kier alpha value is -1.51. The van der Waals surface area contributed by atoms with Crippen LogP contribution >= 0.6 is 0 Å². The van der Waals surface area contributed by atoms with E-state index in [0.29, 0.717) is 11.6 Å². The van der Waals surface area contributed by atoms with Crippen molar-refractivity contribution in [3.8, 4) is 0 Å². The summed E-state index contributed by atoms with van der Waals surface area (Å²) in [4.78, 5) is 12.1. The molecule has 0 heterocycles. The molecule has 0 aliphatic carbocycles. The van der Waals surface area contributed by atoms with Crippen molar-refractivity contribution in [2.45, 2.75) is 53.2 Å². The van der Waals surface area contributed by atoms with Crippen molar-refractivity contribution in [1.82, 2.24) is 0 Å². The number of rotatable bonds is 5. The predicted molar refractivity (Wildman–Crippen MR) is 79.5 cm³/mol. The third-order valence-corrected chi connectivity index (χ3v) is 3.32. The molecule has 0 amide bonds. The second kappa shape index (κ2) is 6.09. The van der Waals surface area contributed by atoms with Crippen LogP contribution in [0.2, 0.25) is 0 Å². The van der Waals surface area contributed by atoms with Gasteiger partial charge in [0.25, 0.3) is 0 Å². The summed E-state index contributed by atoms with van der Waals surface area (Å²) in [6, 6.07) is 7.77. The van der Waals surface area contributed by atoms with Crippen molar-refractivity contribution in [2.75, 3.05) is 5.32 Å². The van der Waals surface area contributed by atoms with Crippen LogP contribution < -0.4 is 5.32 Å². The van der Waals surface area contributed by atoms with E-state index in [-0.39, 0.29) is 11.9 Å². The van der Waals surface area contributed by atoms with Gasteiger partial charge in [-0.1, -0.05) is 13.8 Å². The van der Waals surface area contributed by atoms with Gasteiger partial charge in [-0.15, -0.1) is 0 Å². The third kappa shape index (κ3) is 4.58. The van der Waals surface area contributed by atoms with Gasteiger partial charge < -0.3 is 10.1 Å². The minimum absolute atomic E-state index is 0.269. The smallest absolute Gasteiger partial charge is 0.338 e. The standard InChI is InChI=1S/C16H25NO2/c1-11(2)16(5,6)19-15(18)13-7-9-14(10-8-13)17-12(3)4/h7-12,17H,1-6H3. The molecule has 0 atom stereocenters. The van der Waals surface area contributed by atoms with Crippen molar-refractivity contribution in [2.24, 2.45) is 5.92 Å². The molecule has 0 saturated carbocycles. The molecule has 0 unspecified atom stereocenters. The fourth-order valence-electron chi connectivity index (χ4n) is 1.45. The van der Waals surface area contributed by atoms with Crippen molar-refractivity contribution in [3.05, 3.63) is 29.8 Å². The molecule has 0 aromatic heterocycles. The Kier molecular flexibility index (Phi) is 4.98. The lowest BCUT2D eigenvalue weighted by Gasteiger charge is -2.29. The number of benzene rings is 1. The van der Waals surface area contributed by atoms with Gasteiger partial charge in [-0.05, 0) is 57.9 Å². The summed E-state index contributed by atoms with van der Waals surface area (Å²) >= 11 is 0. The molecule has 106 valence electrons. The Balaban J connectivity index is 2.73. The fourth-order valence-corrected chi connectivity index (χ4v) is 1.45. The van der Waals surface area contributed by atoms with Crippen molar-refractivity contribution < 1.29 is 9.53 Å². The monoisotopic (exact) mass is 263 g/mol. The van der Waals surface area contributed by atoms with Crippen LogP contribution in [-0.2, 0) is 4.74 Å². The van der Waals surface area contributed by atoms with E-state index in [2.05, 4.69) is 19.2 Å². The molecule has 19 heavy (non-hydrogen) atoms. The summed E-state index contributed by atoms with van der Waals surface area (Å²) in [6.45, 7) is 12.1. The second-order valence-corrected chi connectivity index (χ2v) is 6.02. The first-order chi connectivity index (χ1) is 8.72. The van der Waals surface area contributed by atoms with E-state index < -0.39 is 5.60 Å². The van der Waals surface area contributed by atoms with Crippen LogP contribution in [-0.4, -0.2) is 17.6 Å². The van der Waals surface area contributed by atoms with Crippen molar-refractivity contribution >= 4 is 11.7 Å². The van der Waals surface area contributed by atoms with Crippen molar-refractivity contribution in [3.63, 3.8) is 0 Å². The summed E-state index contributed by atoms with van der Waals surface area (Å²) in [5.41, 5.74) is 1.14. The topological polar surface area (TPSA) is 38.3 Å². The minimum atomic E-state index is -0.452. The summed E-state index contributed by atoms with van der Waals surface area (Å²) in [7, 11) is 0. The zero-order valence-corrected chi connectivity index (χ0v) is 12.8. The maximum Gasteiger partial charge on any atom is 0.338 e. The molecule has 3 heteroatoms. The van der Waals surface area contributed by atoms with Crippen LogP contribution in [0.5, 0.6) is 0 Å². The maximum atomic E-state index is 12.1. The lowest BCUT2D eigenvalue weighted by molar-refractivity contribution is -0.0222. The van der Waals surface area contributed by atoms with E-state index >= 15 is 0 Å². The zero-order valence-electron chi connectivity index (χ0n) is 12.8. The minimum Gasteiger partial charge on any atom is -0.456 e. The molecule has 0 aliphatic heterocycles. The highest BCUT2D eigenvalue weighted by Gasteiger charge is 2.27. The van der Waals surface area contributed by atoms with Gasteiger partial charge >= 0.3 is 5.97 Å². The number of hydrogen-bond donors (Lipinski definition) is 1. The van der Waals surface area contributed by atoms with Crippen molar-refractivity contribution in [1.29, 1.82) is 0 Å². The van der Waals surface area contributed by atoms with E-state index in [0.717, 1.165) is 5.69 Å². The number of nitrogens with one attached hydrogen (secondary N) is 1. The average Bonchev–Trinajstić information content (AvgIpc) is 2.28. The molecule has 0 radical (unpaired) electrons. The van der Waals surface area contributed by atoms with Gasteiger partial charge in [-0.2, -0.15) is 0 Å². The molecular weight excluding hydrogens is 238 g/mol. The average molecular weight is 263 g/mol. The molecule has 0 bridgehead atoms. The van der Waals surface area contributed by atoms with Gasteiger partial charge in [0.05, 0.1) is 5.56 Å². The molecule has 0 spiro atoms. The lowest BCUT2D eigenvalue weighted by Crippen LogP contribution is -2.33. The number of anilines is 1. The molecule has 1 aromatic carbocycles. The quantitative estimate of drug-likeness (QED) is 0.813. The van der Waals surface area contributed by atoms with Gasteiger partial charge in [0.15, 0.2) is 0 Å². The normalized spacial score (nSPS) is 11.8. The first kappa shape index (κ1) is 15.5. The molecule has 1 N–H and O–H groups in total. The van der Waals surface area contributed by atoms with Gasteiger partial charge in [-0.25, -0.2) is 4.79 Å². The highest BCUT2D eigenvalue weighted by molar-refractivity contribution is 5.90. The molecule has 0 fully saturated rings. The number of esters is 1. The van der Waals surface area contributed by atoms with Crippen LogP contribution in [0.4, 0.5) is 5.69 Å². The molecule has 0 aliphatic rings. The first-order valence-corrected chi connectivity index (χ1v) is 6.82. The summed E-state index contributed by atoms with van der Waals surface area (Å²) < 4.78 is 5.55. The molecule has 3 nitrogen and oxygen atoms in total. The van der Waals surface area contributed by atoms with Gasteiger partial charge in [0, 0.05) is 11.7 Å². The van der Waals surface area contributed by atoms with Crippen LogP contribution in [0.15, 0.2) is 24.3 Å². The van der Waals surface area contributed by atoms with Crippen LogP contribution in [0, 0.1) is 5.92 Å². The molecule has 1 rings (SSSR count).